The molecule has 0 fully saturated rings. The lowest BCUT2D eigenvalue weighted by molar-refractivity contribution is 0.0636. The number of halogens is 1. The van der Waals surface area contributed by atoms with E-state index in [-0.39, 0.29) is 0 Å². The van der Waals surface area contributed by atoms with E-state index in [1.807, 2.05) is 57.2 Å². The number of carbonyl (C=O) groups excluding carboxylic acids is 1. The van der Waals surface area contributed by atoms with Gasteiger partial charge < -0.3 is 9.47 Å². The maximum absolute atomic E-state index is 12.3. The zero-order chi connectivity index (χ0) is 19.6. The molecule has 1 amide bonds. The monoisotopic (exact) mass is 495 g/mol. The molecule has 0 aliphatic rings. The number of fused-ring (bicyclic) bond motifs is 1. The van der Waals surface area contributed by atoms with Crippen LogP contribution in [0.1, 0.15) is 31.9 Å². The van der Waals surface area contributed by atoms with Gasteiger partial charge in [0.2, 0.25) is 0 Å². The number of ether oxygens (including phenoxy) is 2. The molecular formula is C21H22INO3S. The number of rotatable bonds is 4. The van der Waals surface area contributed by atoms with E-state index in [1.165, 1.54) is 0 Å². The van der Waals surface area contributed by atoms with Crippen molar-refractivity contribution < 1.29 is 14.3 Å². The maximum Gasteiger partial charge on any atom is 0.412 e. The minimum Gasteiger partial charge on any atom is -0.487 e. The van der Waals surface area contributed by atoms with Crippen LogP contribution < -0.4 is 10.1 Å². The molecule has 0 saturated carbocycles. The van der Waals surface area contributed by atoms with Gasteiger partial charge in [-0.2, -0.15) is 0 Å². The first-order chi connectivity index (χ1) is 12.7. The van der Waals surface area contributed by atoms with Crippen LogP contribution in [0.2, 0.25) is 0 Å². The highest BCUT2D eigenvalue weighted by Gasteiger charge is 2.20. The number of amides is 1. The lowest BCUT2D eigenvalue weighted by atomic mass is 10.1. The Labute approximate surface area is 177 Å². The van der Waals surface area contributed by atoms with E-state index in [0.29, 0.717) is 12.3 Å². The number of hydrogen-bond acceptors (Lipinski definition) is 4. The Bertz CT molecular complexity index is 961. The van der Waals surface area contributed by atoms with Crippen LogP contribution in [-0.4, -0.2) is 11.7 Å². The first kappa shape index (κ1) is 19.9. The summed E-state index contributed by atoms with van der Waals surface area (Å²) in [6.45, 7) is 8.08. The largest absolute Gasteiger partial charge is 0.487 e. The fourth-order valence-electron chi connectivity index (χ4n) is 2.64. The van der Waals surface area contributed by atoms with Crippen molar-refractivity contribution in [3.63, 3.8) is 0 Å². The second kappa shape index (κ2) is 8.06. The Hall–Kier alpha value is -1.80. The van der Waals surface area contributed by atoms with Crippen LogP contribution in [0.4, 0.5) is 10.5 Å². The molecule has 0 unspecified atom stereocenters. The van der Waals surface area contributed by atoms with Crippen molar-refractivity contribution in [3.8, 4) is 5.75 Å². The van der Waals surface area contributed by atoms with E-state index in [0.717, 1.165) is 30.5 Å². The zero-order valence-corrected chi connectivity index (χ0v) is 18.7. The Morgan fingerprint density at radius 1 is 1.22 bits per heavy atom. The predicted molar refractivity (Wildman–Crippen MR) is 120 cm³/mol. The number of thiophene rings is 1. The van der Waals surface area contributed by atoms with Gasteiger partial charge in [-0.1, -0.05) is 30.3 Å². The predicted octanol–water partition coefficient (Wildman–Crippen LogP) is 6.74. The maximum atomic E-state index is 12.3. The number of aryl methyl sites for hydroxylation is 1. The van der Waals surface area contributed by atoms with Crippen LogP contribution in [0.15, 0.2) is 41.8 Å². The van der Waals surface area contributed by atoms with Crippen molar-refractivity contribution in [1.82, 2.24) is 0 Å². The van der Waals surface area contributed by atoms with Crippen LogP contribution in [0, 0.1) is 10.5 Å². The third-order valence-electron chi connectivity index (χ3n) is 3.80. The van der Waals surface area contributed by atoms with Crippen LogP contribution >= 0.6 is 33.9 Å². The molecule has 142 valence electrons. The van der Waals surface area contributed by atoms with E-state index in [9.17, 15) is 4.79 Å². The number of benzene rings is 2. The highest BCUT2D eigenvalue weighted by molar-refractivity contribution is 14.1. The standard InChI is InChI=1S/C21H22INO3S/c1-13-12-27-19-16(25-11-14-8-6-5-7-9-14)10-15(18(22)17(13)19)23-20(24)26-21(2,3)4/h5-10,12H,11H2,1-4H3,(H,23,24). The smallest absolute Gasteiger partial charge is 0.412 e. The summed E-state index contributed by atoms with van der Waals surface area (Å²) in [5.74, 6) is 0.762. The summed E-state index contributed by atoms with van der Waals surface area (Å²) in [7, 11) is 0. The molecular weight excluding hydrogens is 473 g/mol. The van der Waals surface area contributed by atoms with Crippen LogP contribution in [0.5, 0.6) is 5.75 Å². The third-order valence-corrected chi connectivity index (χ3v) is 6.04. The topological polar surface area (TPSA) is 47.6 Å². The quantitative estimate of drug-likeness (QED) is 0.408. The van der Waals surface area contributed by atoms with Crippen LogP contribution in [0.25, 0.3) is 10.1 Å². The van der Waals surface area contributed by atoms with Crippen LogP contribution in [0.3, 0.4) is 0 Å². The average molecular weight is 495 g/mol. The lowest BCUT2D eigenvalue weighted by Gasteiger charge is -2.20. The van der Waals surface area contributed by atoms with Crippen molar-refractivity contribution in [2.45, 2.75) is 39.9 Å². The molecule has 0 atom stereocenters. The summed E-state index contributed by atoms with van der Waals surface area (Å²) in [6, 6.07) is 11.9. The molecule has 6 heteroatoms. The van der Waals surface area contributed by atoms with Crippen molar-refractivity contribution in [1.29, 1.82) is 0 Å². The Morgan fingerprint density at radius 2 is 1.93 bits per heavy atom. The minimum absolute atomic E-state index is 0.471. The van der Waals surface area contributed by atoms with Gasteiger partial charge in [-0.15, -0.1) is 11.3 Å². The molecule has 0 spiro atoms. The first-order valence-corrected chi connectivity index (χ1v) is 10.6. The van der Waals surface area contributed by atoms with Gasteiger partial charge in [-0.05, 0) is 66.8 Å². The number of nitrogens with one attached hydrogen (secondary N) is 1. The second-order valence-electron chi connectivity index (χ2n) is 7.26. The van der Waals surface area contributed by atoms with Gasteiger partial charge in [0.1, 0.15) is 18.0 Å². The van der Waals surface area contributed by atoms with Crippen molar-refractivity contribution in [3.05, 3.63) is 56.5 Å². The molecule has 0 radical (unpaired) electrons. The van der Waals surface area contributed by atoms with E-state index in [1.54, 1.807) is 11.3 Å². The van der Waals surface area contributed by atoms with E-state index in [4.69, 9.17) is 9.47 Å². The molecule has 0 aliphatic carbocycles. The van der Waals surface area contributed by atoms with Gasteiger partial charge in [0.25, 0.3) is 0 Å². The van der Waals surface area contributed by atoms with E-state index >= 15 is 0 Å². The fraction of sp³-hybridized carbons (Fsp3) is 0.286. The fourth-order valence-corrected chi connectivity index (χ4v) is 4.84. The van der Waals surface area contributed by atoms with E-state index in [2.05, 4.69) is 40.2 Å². The van der Waals surface area contributed by atoms with Gasteiger partial charge >= 0.3 is 6.09 Å². The SMILES string of the molecule is Cc1csc2c(OCc3ccccc3)cc(NC(=O)OC(C)(C)C)c(I)c12. The Balaban J connectivity index is 1.93. The molecule has 0 aliphatic heterocycles. The molecule has 3 aromatic rings. The molecule has 27 heavy (non-hydrogen) atoms. The molecule has 4 nitrogen and oxygen atoms in total. The summed E-state index contributed by atoms with van der Waals surface area (Å²) in [6.07, 6.45) is -0.471. The third kappa shape index (κ3) is 4.93. The average Bonchev–Trinajstić information content (AvgIpc) is 2.98. The Kier molecular flexibility index (Phi) is 5.95. The summed E-state index contributed by atoms with van der Waals surface area (Å²) >= 11 is 3.92. The molecule has 3 rings (SSSR count). The molecule has 1 heterocycles. The van der Waals surface area contributed by atoms with Gasteiger partial charge in [0, 0.05) is 15.0 Å². The molecule has 1 aromatic heterocycles. The highest BCUT2D eigenvalue weighted by Crippen LogP contribution is 2.41. The normalized spacial score (nSPS) is 11.4. The summed E-state index contributed by atoms with van der Waals surface area (Å²) < 4.78 is 13.6. The number of hydrogen-bond donors (Lipinski definition) is 1. The summed E-state index contributed by atoms with van der Waals surface area (Å²) in [5, 5.41) is 6.09. The van der Waals surface area contributed by atoms with Crippen molar-refractivity contribution >= 4 is 55.8 Å². The first-order valence-electron chi connectivity index (χ1n) is 8.61. The zero-order valence-electron chi connectivity index (χ0n) is 15.8. The van der Waals surface area contributed by atoms with Crippen molar-refractivity contribution in [2.75, 3.05) is 5.32 Å². The molecule has 0 saturated heterocycles. The minimum atomic E-state index is -0.551. The summed E-state index contributed by atoms with van der Waals surface area (Å²) in [5.41, 5.74) is 2.41. The number of carbonyl (C=O) groups is 1. The number of anilines is 1. The van der Waals surface area contributed by atoms with Gasteiger partial charge in [0.15, 0.2) is 0 Å². The summed E-state index contributed by atoms with van der Waals surface area (Å²) in [4.78, 5) is 12.3. The highest BCUT2D eigenvalue weighted by atomic mass is 127. The molecule has 1 N–H and O–H groups in total. The molecule has 0 bridgehead atoms. The van der Waals surface area contributed by atoms with Crippen molar-refractivity contribution in [2.24, 2.45) is 0 Å². The van der Waals surface area contributed by atoms with E-state index < -0.39 is 11.7 Å². The second-order valence-corrected chi connectivity index (χ2v) is 9.22. The van der Waals surface area contributed by atoms with Crippen LogP contribution in [-0.2, 0) is 11.3 Å². The van der Waals surface area contributed by atoms with Gasteiger partial charge in [-0.3, -0.25) is 5.32 Å². The van der Waals surface area contributed by atoms with Gasteiger partial charge in [-0.25, -0.2) is 4.79 Å². The molecule has 2 aromatic carbocycles. The van der Waals surface area contributed by atoms with Gasteiger partial charge in [0.05, 0.1) is 10.4 Å². The Morgan fingerprint density at radius 3 is 2.59 bits per heavy atom. The lowest BCUT2D eigenvalue weighted by Crippen LogP contribution is -2.27.